The van der Waals surface area contributed by atoms with Crippen LogP contribution >= 0.6 is 22.6 Å². The molecule has 0 aliphatic heterocycles. The van der Waals surface area contributed by atoms with E-state index in [2.05, 4.69) is 10.6 Å². The van der Waals surface area contributed by atoms with E-state index < -0.39 is 63.3 Å². The van der Waals surface area contributed by atoms with Gasteiger partial charge in [-0.25, -0.2) is 24.0 Å². The van der Waals surface area contributed by atoms with Gasteiger partial charge in [-0.2, -0.15) is 0 Å². The van der Waals surface area contributed by atoms with Crippen LogP contribution in [0.15, 0.2) is 0 Å². The van der Waals surface area contributed by atoms with Crippen LogP contribution in [0.4, 0.5) is 14.4 Å². The SMILES string of the molecule is CC(C)[C@H](NC(=O)OC(C)(C)C)C(=O)OCCCCC(I)(OC(=O)O)OC(=O)[C@@H](NC(=O)OC(C)(C)C)C(C)C. The Labute approximate surface area is 249 Å². The third-order valence-corrected chi connectivity index (χ3v) is 5.77. The predicted molar refractivity (Wildman–Crippen MR) is 153 cm³/mol. The maximum Gasteiger partial charge on any atom is 0.509 e. The highest BCUT2D eigenvalue weighted by atomic mass is 127. The number of carbonyl (C=O) groups excluding carboxylic acids is 4. The summed E-state index contributed by atoms with van der Waals surface area (Å²) in [6.07, 6.45) is -2.78. The van der Waals surface area contributed by atoms with Gasteiger partial charge in [0.15, 0.2) is 0 Å². The summed E-state index contributed by atoms with van der Waals surface area (Å²) in [5.74, 6) is -2.24. The van der Waals surface area contributed by atoms with Crippen LogP contribution in [0.5, 0.6) is 0 Å². The molecular weight excluding hydrogens is 643 g/mol. The minimum Gasteiger partial charge on any atom is -0.464 e. The van der Waals surface area contributed by atoms with Crippen molar-refractivity contribution in [3.05, 3.63) is 0 Å². The van der Waals surface area contributed by atoms with E-state index in [1.54, 1.807) is 91.8 Å². The third-order valence-electron chi connectivity index (χ3n) is 4.79. The Hall–Kier alpha value is -2.52. The van der Waals surface area contributed by atoms with Crippen LogP contribution in [-0.4, -0.2) is 69.1 Å². The molecule has 0 aromatic carbocycles. The van der Waals surface area contributed by atoms with Crippen LogP contribution in [0.25, 0.3) is 0 Å². The van der Waals surface area contributed by atoms with Gasteiger partial charge >= 0.3 is 34.1 Å². The van der Waals surface area contributed by atoms with E-state index in [1.165, 1.54) is 0 Å². The molecule has 232 valence electrons. The minimum atomic E-state index is -1.90. The fourth-order valence-electron chi connectivity index (χ4n) is 3.03. The molecule has 1 unspecified atom stereocenters. The second-order valence-corrected chi connectivity index (χ2v) is 13.5. The second-order valence-electron chi connectivity index (χ2n) is 11.8. The van der Waals surface area contributed by atoms with Gasteiger partial charge in [0.05, 0.1) is 6.61 Å². The van der Waals surface area contributed by atoms with Crippen LogP contribution in [0.2, 0.25) is 0 Å². The van der Waals surface area contributed by atoms with E-state index in [0.29, 0.717) is 0 Å². The van der Waals surface area contributed by atoms with Gasteiger partial charge < -0.3 is 39.4 Å². The Kier molecular flexibility index (Phi) is 15.0. The van der Waals surface area contributed by atoms with Gasteiger partial charge in [-0.15, -0.1) is 0 Å². The molecule has 0 aromatic rings. The van der Waals surface area contributed by atoms with Crippen molar-refractivity contribution < 1.29 is 52.8 Å². The Morgan fingerprint density at radius 1 is 0.700 bits per heavy atom. The molecule has 3 N–H and O–H groups in total. The zero-order valence-electron chi connectivity index (χ0n) is 25.0. The molecule has 0 aliphatic rings. The molecule has 2 amide bonds. The van der Waals surface area contributed by atoms with E-state index in [-0.39, 0.29) is 31.8 Å². The Balaban J connectivity index is 5.11. The number of rotatable bonds is 13. The quantitative estimate of drug-likeness (QED) is 0.0585. The van der Waals surface area contributed by atoms with Crippen LogP contribution in [0.3, 0.4) is 0 Å². The van der Waals surface area contributed by atoms with Gasteiger partial charge in [0.25, 0.3) is 0 Å². The average Bonchev–Trinajstić information content (AvgIpc) is 2.71. The molecule has 3 atom stereocenters. The van der Waals surface area contributed by atoms with Crippen LogP contribution in [-0.2, 0) is 33.3 Å². The number of nitrogens with one attached hydrogen (secondary N) is 2. The molecule has 0 bridgehead atoms. The molecule has 0 spiro atoms. The lowest BCUT2D eigenvalue weighted by atomic mass is 10.1. The molecule has 0 saturated carbocycles. The van der Waals surface area contributed by atoms with Gasteiger partial charge in [0.2, 0.25) is 0 Å². The van der Waals surface area contributed by atoms with Gasteiger partial charge in [-0.1, -0.05) is 27.7 Å². The number of carbonyl (C=O) groups is 5. The lowest BCUT2D eigenvalue weighted by Gasteiger charge is -2.30. The molecule has 0 saturated heterocycles. The molecule has 0 fully saturated rings. The van der Waals surface area contributed by atoms with Gasteiger partial charge in [0.1, 0.15) is 23.3 Å². The molecule has 40 heavy (non-hydrogen) atoms. The van der Waals surface area contributed by atoms with Crippen molar-refractivity contribution in [2.75, 3.05) is 6.61 Å². The summed E-state index contributed by atoms with van der Waals surface area (Å²) in [6, 6.07) is -2.06. The molecule has 14 heteroatoms. The van der Waals surface area contributed by atoms with Gasteiger partial charge in [-0.05, 0) is 66.2 Å². The highest BCUT2D eigenvalue weighted by molar-refractivity contribution is 14.1. The van der Waals surface area contributed by atoms with Crippen LogP contribution in [0.1, 0.15) is 88.5 Å². The second kappa shape index (κ2) is 16.1. The Bertz CT molecular complexity index is 881. The number of hydrogen-bond donors (Lipinski definition) is 3. The molecule has 0 aliphatic carbocycles. The maximum atomic E-state index is 12.9. The molecule has 0 heterocycles. The number of alkyl halides is 1. The molecular formula is C26H45IN2O11. The first-order chi connectivity index (χ1) is 18.0. The first-order valence-corrected chi connectivity index (χ1v) is 14.1. The fourth-order valence-corrected chi connectivity index (χ4v) is 3.82. The largest absolute Gasteiger partial charge is 0.509 e. The lowest BCUT2D eigenvalue weighted by molar-refractivity contribution is -0.179. The first kappa shape index (κ1) is 37.5. The molecule has 13 nitrogen and oxygen atoms in total. The summed E-state index contributed by atoms with van der Waals surface area (Å²) in [5.41, 5.74) is -1.52. The number of ether oxygens (including phenoxy) is 5. The van der Waals surface area contributed by atoms with Crippen molar-refractivity contribution in [2.45, 2.75) is 116 Å². The number of alkyl carbamates (subject to hydrolysis) is 2. The smallest absolute Gasteiger partial charge is 0.464 e. The van der Waals surface area contributed by atoms with Crippen molar-refractivity contribution >= 4 is 52.9 Å². The summed E-state index contributed by atoms with van der Waals surface area (Å²) < 4.78 is 24.0. The van der Waals surface area contributed by atoms with E-state index in [9.17, 15) is 29.1 Å². The normalized spacial score (nSPS) is 14.8. The van der Waals surface area contributed by atoms with Crippen LogP contribution in [0, 0.1) is 11.8 Å². The predicted octanol–water partition coefficient (Wildman–Crippen LogP) is 5.13. The zero-order chi connectivity index (χ0) is 31.5. The van der Waals surface area contributed by atoms with E-state index >= 15 is 0 Å². The molecule has 0 rings (SSSR count). The third kappa shape index (κ3) is 16.6. The minimum absolute atomic E-state index is 0.0411. The summed E-state index contributed by atoms with van der Waals surface area (Å²) >= 11 is 1.57. The van der Waals surface area contributed by atoms with Crippen molar-refractivity contribution in [1.82, 2.24) is 10.6 Å². The number of carboxylic acid groups (broad SMARTS) is 1. The lowest BCUT2D eigenvalue weighted by Crippen LogP contribution is -2.49. The Morgan fingerprint density at radius 2 is 1.12 bits per heavy atom. The first-order valence-electron chi connectivity index (χ1n) is 13.0. The number of hydrogen-bond acceptors (Lipinski definition) is 10. The highest BCUT2D eigenvalue weighted by Gasteiger charge is 2.39. The van der Waals surface area contributed by atoms with Crippen molar-refractivity contribution in [3.8, 4) is 0 Å². The van der Waals surface area contributed by atoms with Crippen molar-refractivity contribution in [1.29, 1.82) is 0 Å². The van der Waals surface area contributed by atoms with Crippen LogP contribution < -0.4 is 10.6 Å². The van der Waals surface area contributed by atoms with E-state index in [0.717, 1.165) is 0 Å². The monoisotopic (exact) mass is 688 g/mol. The molecule has 0 radical (unpaired) electrons. The standard InChI is InChI=1S/C26H45IN2O11/c1-15(2)17(28-21(32)38-24(5,6)7)19(30)36-14-12-11-13-26(27,40-23(34)35)37-20(31)18(16(3)4)29-22(33)39-25(8,9)10/h15-18H,11-14H2,1-10H3,(H,28,32)(H,29,33)(H,34,35)/t17-,18-,26?/m0/s1. The maximum absolute atomic E-state index is 12.9. The summed E-state index contributed by atoms with van der Waals surface area (Å²) in [7, 11) is 0. The zero-order valence-corrected chi connectivity index (χ0v) is 27.2. The van der Waals surface area contributed by atoms with Gasteiger partial charge in [0, 0.05) is 29.0 Å². The Morgan fingerprint density at radius 3 is 1.50 bits per heavy atom. The fraction of sp³-hybridized carbons (Fsp3) is 0.808. The summed E-state index contributed by atoms with van der Waals surface area (Å²) in [4.78, 5) is 61.0. The number of unbranched alkanes of at least 4 members (excludes halogenated alkanes) is 1. The average molecular weight is 689 g/mol. The summed E-state index contributed by atoms with van der Waals surface area (Å²) in [5, 5.41) is 14.1. The van der Waals surface area contributed by atoms with E-state index in [4.69, 9.17) is 23.7 Å². The van der Waals surface area contributed by atoms with Crippen molar-refractivity contribution in [3.63, 3.8) is 0 Å². The number of halogens is 1. The van der Waals surface area contributed by atoms with Crippen molar-refractivity contribution in [2.24, 2.45) is 11.8 Å². The van der Waals surface area contributed by atoms with Gasteiger partial charge in [-0.3, -0.25) is 0 Å². The topological polar surface area (TPSA) is 176 Å². The highest BCUT2D eigenvalue weighted by Crippen LogP contribution is 2.30. The van der Waals surface area contributed by atoms with E-state index in [1.807, 2.05) is 0 Å². The number of amides is 2. The molecule has 0 aromatic heterocycles. The summed E-state index contributed by atoms with van der Waals surface area (Å²) in [6.45, 7) is 16.9. The number of esters is 2.